The first-order valence-corrected chi connectivity index (χ1v) is 10.8. The first-order chi connectivity index (χ1) is 15.0. The van der Waals surface area contributed by atoms with E-state index in [0.29, 0.717) is 39.0 Å². The van der Waals surface area contributed by atoms with Gasteiger partial charge in [0.25, 0.3) is 0 Å². The number of nitrogens with one attached hydrogen (secondary N) is 1. The van der Waals surface area contributed by atoms with E-state index in [1.54, 1.807) is 4.90 Å². The minimum atomic E-state index is -0.729. The van der Waals surface area contributed by atoms with Crippen molar-refractivity contribution in [3.63, 3.8) is 0 Å². The summed E-state index contributed by atoms with van der Waals surface area (Å²) in [4.78, 5) is 31.0. The molecule has 1 saturated heterocycles. The standard InChI is InChI=1S/C25H29N3O3/c1-2-31-24(30)25(15-18-8-4-3-5-9-18)12-13-28(17-25)23(29)21(26)14-19-16-27-22-11-7-6-10-20(19)22/h3-11,16,21,27H,2,12-15,17,26H2,1H3/t21-,25?/m1/s1. The molecule has 2 atom stereocenters. The summed E-state index contributed by atoms with van der Waals surface area (Å²) in [5.74, 6) is -0.358. The Morgan fingerprint density at radius 3 is 2.68 bits per heavy atom. The molecule has 3 N–H and O–H groups in total. The number of amides is 1. The second kappa shape index (κ2) is 8.94. The van der Waals surface area contributed by atoms with Crippen LogP contribution in [-0.2, 0) is 27.2 Å². The number of ether oxygens (including phenoxy) is 1. The van der Waals surface area contributed by atoms with Gasteiger partial charge in [0.1, 0.15) is 0 Å². The Hall–Kier alpha value is -3.12. The number of likely N-dealkylation sites (tertiary alicyclic amines) is 1. The average Bonchev–Trinajstić information content (AvgIpc) is 3.40. The highest BCUT2D eigenvalue weighted by atomic mass is 16.5. The van der Waals surface area contributed by atoms with Gasteiger partial charge in [-0.05, 0) is 43.4 Å². The van der Waals surface area contributed by atoms with E-state index in [1.165, 1.54) is 0 Å². The van der Waals surface area contributed by atoms with E-state index < -0.39 is 11.5 Å². The predicted molar refractivity (Wildman–Crippen MR) is 120 cm³/mol. The highest BCUT2D eigenvalue weighted by Crippen LogP contribution is 2.36. The van der Waals surface area contributed by atoms with Gasteiger partial charge in [0.2, 0.25) is 5.91 Å². The van der Waals surface area contributed by atoms with Gasteiger partial charge in [0.05, 0.1) is 18.1 Å². The lowest BCUT2D eigenvalue weighted by atomic mass is 9.80. The van der Waals surface area contributed by atoms with Crippen molar-refractivity contribution in [2.45, 2.75) is 32.2 Å². The second-order valence-electron chi connectivity index (χ2n) is 8.34. The van der Waals surface area contributed by atoms with Crippen LogP contribution in [0, 0.1) is 5.41 Å². The van der Waals surface area contributed by atoms with Crippen LogP contribution in [0.3, 0.4) is 0 Å². The largest absolute Gasteiger partial charge is 0.466 e. The van der Waals surface area contributed by atoms with E-state index in [4.69, 9.17) is 10.5 Å². The van der Waals surface area contributed by atoms with Gasteiger partial charge in [-0.15, -0.1) is 0 Å². The number of benzene rings is 2. The summed E-state index contributed by atoms with van der Waals surface area (Å²) in [6.45, 7) is 2.97. The Balaban J connectivity index is 1.49. The summed E-state index contributed by atoms with van der Waals surface area (Å²) < 4.78 is 5.41. The van der Waals surface area contributed by atoms with Crippen molar-refractivity contribution in [2.75, 3.05) is 19.7 Å². The van der Waals surface area contributed by atoms with Crippen LogP contribution >= 0.6 is 0 Å². The SMILES string of the molecule is CCOC(=O)C1(Cc2ccccc2)CCN(C(=O)[C@H](N)Cc2c[nH]c3ccccc23)C1. The third-order valence-corrected chi connectivity index (χ3v) is 6.19. The summed E-state index contributed by atoms with van der Waals surface area (Å²) in [5, 5.41) is 1.08. The number of hydrogen-bond acceptors (Lipinski definition) is 4. The number of H-pyrrole nitrogens is 1. The zero-order chi connectivity index (χ0) is 21.8. The molecule has 0 radical (unpaired) electrons. The summed E-state index contributed by atoms with van der Waals surface area (Å²) >= 11 is 0. The molecule has 2 aromatic carbocycles. The van der Waals surface area contributed by atoms with Gasteiger partial charge in [-0.25, -0.2) is 0 Å². The summed E-state index contributed by atoms with van der Waals surface area (Å²) in [6, 6.07) is 17.2. The van der Waals surface area contributed by atoms with E-state index >= 15 is 0 Å². The summed E-state index contributed by atoms with van der Waals surface area (Å²) in [6.07, 6.45) is 3.49. The number of aromatic amines is 1. The van der Waals surface area contributed by atoms with Gasteiger partial charge in [-0.1, -0.05) is 48.5 Å². The van der Waals surface area contributed by atoms with Crippen molar-refractivity contribution >= 4 is 22.8 Å². The molecule has 1 aliphatic rings. The van der Waals surface area contributed by atoms with Crippen LogP contribution in [0.1, 0.15) is 24.5 Å². The zero-order valence-corrected chi connectivity index (χ0v) is 17.8. The third kappa shape index (κ3) is 4.35. The maximum absolute atomic E-state index is 13.2. The maximum Gasteiger partial charge on any atom is 0.314 e. The first-order valence-electron chi connectivity index (χ1n) is 10.8. The maximum atomic E-state index is 13.2. The number of carbonyl (C=O) groups excluding carboxylic acids is 2. The Bertz CT molecular complexity index is 1060. The number of nitrogens with two attached hydrogens (primary N) is 1. The first kappa shape index (κ1) is 21.1. The molecule has 2 heterocycles. The van der Waals surface area contributed by atoms with Crippen LogP contribution in [0.5, 0.6) is 0 Å². The molecule has 162 valence electrons. The molecule has 0 aliphatic carbocycles. The molecule has 0 saturated carbocycles. The minimum Gasteiger partial charge on any atom is -0.466 e. The highest BCUT2D eigenvalue weighted by molar-refractivity contribution is 5.87. The molecule has 0 spiro atoms. The van der Waals surface area contributed by atoms with E-state index in [2.05, 4.69) is 4.98 Å². The Labute approximate surface area is 182 Å². The van der Waals surface area contributed by atoms with Crippen LogP contribution < -0.4 is 5.73 Å². The van der Waals surface area contributed by atoms with Gasteiger partial charge in [0, 0.05) is 30.2 Å². The van der Waals surface area contributed by atoms with Crippen molar-refractivity contribution < 1.29 is 14.3 Å². The van der Waals surface area contributed by atoms with E-state index in [9.17, 15) is 9.59 Å². The third-order valence-electron chi connectivity index (χ3n) is 6.19. The fraction of sp³-hybridized carbons (Fsp3) is 0.360. The number of fused-ring (bicyclic) bond motifs is 1. The molecule has 3 aromatic rings. The van der Waals surface area contributed by atoms with E-state index in [-0.39, 0.29) is 11.9 Å². The average molecular weight is 420 g/mol. The Morgan fingerprint density at radius 1 is 1.16 bits per heavy atom. The van der Waals surface area contributed by atoms with Crippen molar-refractivity contribution in [3.8, 4) is 0 Å². The molecule has 1 unspecified atom stereocenters. The second-order valence-corrected chi connectivity index (χ2v) is 8.34. The van der Waals surface area contributed by atoms with Gasteiger partial charge in [-0.3, -0.25) is 9.59 Å². The summed E-state index contributed by atoms with van der Waals surface area (Å²) in [5.41, 5.74) is 8.72. The lowest BCUT2D eigenvalue weighted by molar-refractivity contribution is -0.155. The number of carbonyl (C=O) groups is 2. The fourth-order valence-electron chi connectivity index (χ4n) is 4.57. The highest BCUT2D eigenvalue weighted by Gasteiger charge is 2.47. The van der Waals surface area contributed by atoms with Gasteiger partial charge < -0.3 is 20.4 Å². The van der Waals surface area contributed by atoms with Gasteiger partial charge in [0.15, 0.2) is 0 Å². The Kier molecular flexibility index (Phi) is 6.09. The molecule has 6 nitrogen and oxygen atoms in total. The lowest BCUT2D eigenvalue weighted by Gasteiger charge is -2.28. The number of nitrogens with zero attached hydrogens (tertiary/aromatic N) is 1. The number of para-hydroxylation sites is 1. The Morgan fingerprint density at radius 2 is 1.90 bits per heavy atom. The fourth-order valence-corrected chi connectivity index (χ4v) is 4.57. The normalized spacial score (nSPS) is 19.5. The minimum absolute atomic E-state index is 0.121. The molecule has 4 rings (SSSR count). The lowest BCUT2D eigenvalue weighted by Crippen LogP contribution is -2.46. The molecule has 6 heteroatoms. The van der Waals surface area contributed by atoms with Crippen LogP contribution in [-0.4, -0.2) is 47.5 Å². The predicted octanol–water partition coefficient (Wildman–Crippen LogP) is 3.06. The van der Waals surface area contributed by atoms with Gasteiger partial charge in [-0.2, -0.15) is 0 Å². The number of hydrogen-bond donors (Lipinski definition) is 2. The van der Waals surface area contributed by atoms with E-state index in [1.807, 2.05) is 67.7 Å². The van der Waals surface area contributed by atoms with Crippen molar-refractivity contribution in [2.24, 2.45) is 11.1 Å². The number of esters is 1. The van der Waals surface area contributed by atoms with Gasteiger partial charge >= 0.3 is 5.97 Å². The van der Waals surface area contributed by atoms with Crippen LogP contribution in [0.4, 0.5) is 0 Å². The topological polar surface area (TPSA) is 88.4 Å². The van der Waals surface area contributed by atoms with E-state index in [0.717, 1.165) is 22.0 Å². The molecular weight excluding hydrogens is 390 g/mol. The van der Waals surface area contributed by atoms with Crippen LogP contribution in [0.25, 0.3) is 10.9 Å². The zero-order valence-electron chi connectivity index (χ0n) is 17.8. The summed E-state index contributed by atoms with van der Waals surface area (Å²) in [7, 11) is 0. The smallest absolute Gasteiger partial charge is 0.314 e. The van der Waals surface area contributed by atoms with Crippen molar-refractivity contribution in [1.29, 1.82) is 0 Å². The quantitative estimate of drug-likeness (QED) is 0.576. The molecule has 1 fully saturated rings. The molecule has 31 heavy (non-hydrogen) atoms. The van der Waals surface area contributed by atoms with Crippen LogP contribution in [0.15, 0.2) is 60.8 Å². The number of rotatable bonds is 7. The molecule has 1 aromatic heterocycles. The molecule has 1 amide bonds. The van der Waals surface area contributed by atoms with Crippen LogP contribution in [0.2, 0.25) is 0 Å². The molecule has 0 bridgehead atoms. The van der Waals surface area contributed by atoms with Crippen molar-refractivity contribution in [3.05, 3.63) is 71.9 Å². The molecule has 1 aliphatic heterocycles. The monoisotopic (exact) mass is 419 g/mol. The number of aromatic nitrogens is 1. The van der Waals surface area contributed by atoms with Crippen molar-refractivity contribution in [1.82, 2.24) is 9.88 Å². The molecular formula is C25H29N3O3.